The van der Waals surface area contributed by atoms with Gasteiger partial charge in [0, 0.05) is 0 Å². The Hall–Kier alpha value is -1.07. The first-order valence-electron chi connectivity index (χ1n) is 10.0. The molecule has 25 heavy (non-hydrogen) atoms. The Kier molecular flexibility index (Phi) is 0.438. The van der Waals surface area contributed by atoms with Crippen LogP contribution in [0.4, 0.5) is 0 Å². The van der Waals surface area contributed by atoms with Crippen LogP contribution in [0, 0.1) is 0 Å². The summed E-state index contributed by atoms with van der Waals surface area (Å²) in [4.78, 5) is 7.39. The minimum atomic E-state index is -3.45. The standard InChI is InChI=1S/2C12H11.Ni/c2*1-10-7-8-12(9-10)11-5-3-2-4-6-11;/h2*2-9H,1H3;. The van der Waals surface area contributed by atoms with E-state index in [-0.39, 0.29) is 0 Å². The molecule has 0 aliphatic carbocycles. The van der Waals surface area contributed by atoms with Gasteiger partial charge in [-0.15, -0.1) is 0 Å². The third kappa shape index (κ3) is 0.129. The monoisotopic (exact) mass is 368 g/mol. The van der Waals surface area contributed by atoms with Gasteiger partial charge in [0.1, 0.15) is 0 Å². The molecular weight excluding hydrogens is 347 g/mol. The topological polar surface area (TPSA) is 0 Å². The van der Waals surface area contributed by atoms with Gasteiger partial charge in [0.2, 0.25) is 0 Å². The van der Waals surface area contributed by atoms with Gasteiger partial charge < -0.3 is 0 Å². The van der Waals surface area contributed by atoms with Crippen molar-refractivity contribution < 1.29 is 6.23 Å². The maximum absolute atomic E-state index is 3.45. The zero-order valence-electron chi connectivity index (χ0n) is 14.6. The Morgan fingerprint density at radius 1 is 0.600 bits per heavy atom. The number of hydrogen-bond acceptors (Lipinski definition) is 0. The van der Waals surface area contributed by atoms with Gasteiger partial charge in [-0.2, -0.15) is 0 Å². The Morgan fingerprint density at radius 3 is 1.28 bits per heavy atom. The summed E-state index contributed by atoms with van der Waals surface area (Å²) in [5.74, 6) is 0. The first kappa shape index (κ1) is 10.3. The van der Waals surface area contributed by atoms with Gasteiger partial charge in [0.15, 0.2) is 0 Å². The molecule has 10 aliphatic heterocycles. The van der Waals surface area contributed by atoms with Gasteiger partial charge in [-0.25, -0.2) is 0 Å². The molecule has 10 saturated heterocycles. The third-order valence-electron chi connectivity index (χ3n) is 17.3. The van der Waals surface area contributed by atoms with Crippen molar-refractivity contribution in [3.8, 4) is 0 Å². The molecule has 0 bridgehead atoms. The summed E-state index contributed by atoms with van der Waals surface area (Å²) in [6.45, 7) is 5.71. The maximum atomic E-state index is 2.85. The molecule has 10 heterocycles. The second-order valence-corrected chi connectivity index (χ2v) is 33.3. The first-order valence-corrected chi connectivity index (χ1v) is 15.4. The van der Waals surface area contributed by atoms with E-state index in [4.69, 9.17) is 0 Å². The number of fused-ring (bicyclic) bond motifs is 10. The minimum absolute atomic E-state index is 0.765. The molecule has 2 aromatic rings. The molecule has 1 heteroatoms. The summed E-state index contributed by atoms with van der Waals surface area (Å²) >= 11 is 0. The van der Waals surface area contributed by atoms with Crippen LogP contribution in [0.25, 0.3) is 0 Å². The molecule has 0 N–H and O–H groups in total. The summed E-state index contributed by atoms with van der Waals surface area (Å²) in [6.07, 6.45) is -3.45. The average molecular weight is 369 g/mol. The van der Waals surface area contributed by atoms with Crippen LogP contribution in [0.2, 0.25) is 38.1 Å². The van der Waals surface area contributed by atoms with E-state index >= 15 is 0 Å². The summed E-state index contributed by atoms with van der Waals surface area (Å²) in [6, 6.07) is 24.1. The Labute approximate surface area is 138 Å². The SMILES string of the molecule is C[C]12[CH]3[CH]4[C]5(c6ccccc6)[CH]1[Ni]34251678[CH]2[CH]1[C]6(c1ccccc1)[CH]7[C]28C. The van der Waals surface area contributed by atoms with Crippen LogP contribution in [0.3, 0.4) is 0 Å². The second kappa shape index (κ2) is 1.06. The number of rotatable bonds is 2. The third-order valence-corrected chi connectivity index (χ3v) is 58.8. The number of hydrogen-bond donors (Lipinski definition) is 0. The van der Waals surface area contributed by atoms with Crippen LogP contribution in [0.5, 0.6) is 0 Å². The van der Waals surface area contributed by atoms with Crippen LogP contribution in [-0.4, -0.2) is 0 Å². The van der Waals surface area contributed by atoms with Crippen LogP contribution in [0.1, 0.15) is 25.0 Å². The van der Waals surface area contributed by atoms with Gasteiger partial charge in [-0.3, -0.25) is 0 Å². The molecule has 0 nitrogen and oxygen atoms in total. The molecule has 10 fully saturated rings. The van der Waals surface area contributed by atoms with E-state index in [1.807, 2.05) is 11.1 Å². The van der Waals surface area contributed by atoms with Crippen molar-refractivity contribution in [1.82, 2.24) is 0 Å². The fourth-order valence-electron chi connectivity index (χ4n) is 20.2. The molecular formula is C24H22Ni. The molecule has 128 valence electrons. The summed E-state index contributed by atoms with van der Waals surface area (Å²) in [5, 5.41) is 0. The molecule has 0 radical (unpaired) electrons. The van der Waals surface area contributed by atoms with Gasteiger partial charge >= 0.3 is 139 Å². The average Bonchev–Trinajstić information content (AvgIpc) is 3.60. The van der Waals surface area contributed by atoms with E-state index in [0.717, 1.165) is 17.5 Å². The summed E-state index contributed by atoms with van der Waals surface area (Å²) in [7, 11) is 0. The fourth-order valence-corrected chi connectivity index (χ4v) is 91.7. The van der Waals surface area contributed by atoms with Crippen molar-refractivity contribution in [2.75, 3.05) is 0 Å². The van der Waals surface area contributed by atoms with E-state index in [2.05, 4.69) is 74.5 Å². The predicted octanol–water partition coefficient (Wildman–Crippen LogP) is 6.37. The molecule has 12 rings (SSSR count). The van der Waals surface area contributed by atoms with E-state index in [0.29, 0.717) is 0 Å². The quantitative estimate of drug-likeness (QED) is 0.540. The van der Waals surface area contributed by atoms with E-state index in [9.17, 15) is 0 Å². The molecule has 0 amide bonds. The normalized spacial score (nSPS) is 93.5. The van der Waals surface area contributed by atoms with Crippen molar-refractivity contribution in [3.63, 3.8) is 0 Å². The summed E-state index contributed by atoms with van der Waals surface area (Å²) in [5.41, 5.74) is 3.65. The first-order chi connectivity index (χ1) is 11.9. The Bertz CT molecular complexity index is 1520. The zero-order chi connectivity index (χ0) is 16.0. The van der Waals surface area contributed by atoms with Gasteiger partial charge in [-0.1, -0.05) is 0 Å². The molecule has 0 saturated carbocycles. The molecule has 0 aromatic heterocycles. The van der Waals surface area contributed by atoms with E-state index in [1.54, 1.807) is 0 Å². The van der Waals surface area contributed by atoms with Crippen molar-refractivity contribution in [3.05, 3.63) is 71.8 Å². The van der Waals surface area contributed by atoms with Crippen LogP contribution >= 0.6 is 0 Å². The fraction of sp³-hybridized carbons (Fsp3) is 0.500. The van der Waals surface area contributed by atoms with E-state index < -0.39 is 6.23 Å². The molecule has 10 unspecified atom stereocenters. The van der Waals surface area contributed by atoms with Crippen molar-refractivity contribution >= 4 is 0 Å². The zero-order valence-corrected chi connectivity index (χ0v) is 15.5. The second-order valence-electron chi connectivity index (χ2n) is 12.7. The van der Waals surface area contributed by atoms with Crippen molar-refractivity contribution in [2.24, 2.45) is 0 Å². The van der Waals surface area contributed by atoms with Crippen LogP contribution < -0.4 is 0 Å². The van der Waals surface area contributed by atoms with Gasteiger partial charge in [0.25, 0.3) is 0 Å². The molecule has 10 atom stereocenters. The Balaban J connectivity index is 1.44. The van der Waals surface area contributed by atoms with Crippen LogP contribution in [0.15, 0.2) is 60.7 Å². The van der Waals surface area contributed by atoms with Crippen LogP contribution in [-0.2, 0) is 15.0 Å². The van der Waals surface area contributed by atoms with E-state index in [1.165, 1.54) is 29.3 Å². The molecule has 1 spiro atoms. The Morgan fingerprint density at radius 2 is 1.00 bits per heavy atom. The van der Waals surface area contributed by atoms with Gasteiger partial charge in [0.05, 0.1) is 0 Å². The van der Waals surface area contributed by atoms with Crippen molar-refractivity contribution in [2.45, 2.75) is 60.7 Å². The number of benzene rings is 2. The predicted molar refractivity (Wildman–Crippen MR) is 95.5 cm³/mol. The summed E-state index contributed by atoms with van der Waals surface area (Å²) < 4.78 is 3.28. The van der Waals surface area contributed by atoms with Crippen molar-refractivity contribution in [1.29, 1.82) is 0 Å². The molecule has 10 aliphatic rings. The molecule has 2 aromatic carbocycles. The van der Waals surface area contributed by atoms with Gasteiger partial charge in [-0.05, 0) is 0 Å².